The Morgan fingerprint density at radius 1 is 1.40 bits per heavy atom. The number of nitrogens with zero attached hydrogens (tertiary/aromatic N) is 1. The van der Waals surface area contributed by atoms with E-state index in [9.17, 15) is 4.79 Å². The second-order valence-corrected chi connectivity index (χ2v) is 4.38. The van der Waals surface area contributed by atoms with Crippen LogP contribution in [0.5, 0.6) is 5.75 Å². The van der Waals surface area contributed by atoms with Crippen LogP contribution < -0.4 is 21.5 Å². The van der Waals surface area contributed by atoms with Crippen LogP contribution in [0.25, 0.3) is 0 Å². The molecule has 0 bridgehead atoms. The molecule has 6 nitrogen and oxygen atoms in total. The largest absolute Gasteiger partial charge is 0.484 e. The molecule has 6 heteroatoms. The zero-order chi connectivity index (χ0) is 14.8. The molecule has 0 radical (unpaired) electrons. The first kappa shape index (κ1) is 15.8. The van der Waals surface area contributed by atoms with Crippen molar-refractivity contribution in [3.8, 4) is 5.75 Å². The summed E-state index contributed by atoms with van der Waals surface area (Å²) in [4.78, 5) is 14.9. The first-order chi connectivity index (χ1) is 9.61. The maximum absolute atomic E-state index is 10.6. The zero-order valence-electron chi connectivity index (χ0n) is 11.8. The molecule has 0 aliphatic rings. The van der Waals surface area contributed by atoms with Gasteiger partial charge in [-0.1, -0.05) is 25.5 Å². The number of amides is 1. The molecule has 0 unspecified atom stereocenters. The summed E-state index contributed by atoms with van der Waals surface area (Å²) in [5, 5.41) is 3.04. The Morgan fingerprint density at radius 2 is 2.20 bits per heavy atom. The van der Waals surface area contributed by atoms with Gasteiger partial charge >= 0.3 is 0 Å². The Bertz CT molecular complexity index is 460. The number of guanidine groups is 1. The zero-order valence-corrected chi connectivity index (χ0v) is 11.8. The SMILES string of the molecule is CCCCNC(N)=NCc1cccc(OCC(N)=O)c1. The summed E-state index contributed by atoms with van der Waals surface area (Å²) in [6.45, 7) is 3.27. The van der Waals surface area contributed by atoms with Crippen LogP contribution in [0.3, 0.4) is 0 Å². The number of carbonyl (C=O) groups excluding carboxylic acids is 1. The molecule has 0 spiro atoms. The fraction of sp³-hybridized carbons (Fsp3) is 0.429. The van der Waals surface area contributed by atoms with Crippen molar-refractivity contribution in [2.75, 3.05) is 13.2 Å². The highest BCUT2D eigenvalue weighted by atomic mass is 16.5. The van der Waals surface area contributed by atoms with Gasteiger partial charge < -0.3 is 21.5 Å². The van der Waals surface area contributed by atoms with E-state index in [0.29, 0.717) is 18.3 Å². The number of benzene rings is 1. The van der Waals surface area contributed by atoms with Crippen LogP contribution in [0, 0.1) is 0 Å². The third kappa shape index (κ3) is 6.63. The smallest absolute Gasteiger partial charge is 0.255 e. The molecule has 1 aromatic rings. The Balaban J connectivity index is 2.48. The highest BCUT2D eigenvalue weighted by Crippen LogP contribution is 2.13. The van der Waals surface area contributed by atoms with Gasteiger partial charge in [-0.2, -0.15) is 0 Å². The predicted molar refractivity (Wildman–Crippen MR) is 79.4 cm³/mol. The van der Waals surface area contributed by atoms with Crippen LogP contribution in [0.4, 0.5) is 0 Å². The molecule has 5 N–H and O–H groups in total. The summed E-state index contributed by atoms with van der Waals surface area (Å²) < 4.78 is 5.22. The van der Waals surface area contributed by atoms with Crippen LogP contribution in [0.2, 0.25) is 0 Å². The molecular formula is C14H22N4O2. The number of hydrogen-bond acceptors (Lipinski definition) is 3. The Kier molecular flexibility index (Phi) is 6.95. The molecule has 0 fully saturated rings. The fourth-order valence-electron chi connectivity index (χ4n) is 1.51. The van der Waals surface area contributed by atoms with E-state index in [2.05, 4.69) is 17.2 Å². The number of unbranched alkanes of at least 4 members (excludes halogenated alkanes) is 1. The van der Waals surface area contributed by atoms with Crippen LogP contribution >= 0.6 is 0 Å². The fourth-order valence-corrected chi connectivity index (χ4v) is 1.51. The van der Waals surface area contributed by atoms with Gasteiger partial charge in [0.05, 0.1) is 6.54 Å². The van der Waals surface area contributed by atoms with E-state index in [4.69, 9.17) is 16.2 Å². The van der Waals surface area contributed by atoms with E-state index < -0.39 is 5.91 Å². The summed E-state index contributed by atoms with van der Waals surface area (Å²) in [7, 11) is 0. The van der Waals surface area contributed by atoms with Gasteiger partial charge in [0.2, 0.25) is 0 Å². The number of hydrogen-bond donors (Lipinski definition) is 3. The number of nitrogens with two attached hydrogens (primary N) is 2. The predicted octanol–water partition coefficient (Wildman–Crippen LogP) is 0.755. The summed E-state index contributed by atoms with van der Waals surface area (Å²) in [5.41, 5.74) is 11.7. The third-order valence-electron chi connectivity index (χ3n) is 2.55. The second kappa shape index (κ2) is 8.79. The molecule has 0 aromatic heterocycles. The van der Waals surface area contributed by atoms with E-state index >= 15 is 0 Å². The molecule has 0 heterocycles. The summed E-state index contributed by atoms with van der Waals surface area (Å²) in [6.07, 6.45) is 2.17. The van der Waals surface area contributed by atoms with Crippen molar-refractivity contribution in [1.29, 1.82) is 0 Å². The monoisotopic (exact) mass is 278 g/mol. The van der Waals surface area contributed by atoms with E-state index in [1.54, 1.807) is 6.07 Å². The second-order valence-electron chi connectivity index (χ2n) is 4.38. The number of nitrogens with one attached hydrogen (secondary N) is 1. The van der Waals surface area contributed by atoms with Crippen molar-refractivity contribution < 1.29 is 9.53 Å². The maximum atomic E-state index is 10.6. The van der Waals surface area contributed by atoms with Crippen molar-refractivity contribution in [2.24, 2.45) is 16.5 Å². The quantitative estimate of drug-likeness (QED) is 0.371. The topological polar surface area (TPSA) is 103 Å². The first-order valence-corrected chi connectivity index (χ1v) is 6.65. The van der Waals surface area contributed by atoms with Crippen molar-refractivity contribution in [1.82, 2.24) is 5.32 Å². The first-order valence-electron chi connectivity index (χ1n) is 6.65. The van der Waals surface area contributed by atoms with E-state index in [-0.39, 0.29) is 6.61 Å². The van der Waals surface area contributed by atoms with Gasteiger partial charge in [0, 0.05) is 6.54 Å². The van der Waals surface area contributed by atoms with Crippen LogP contribution in [-0.2, 0) is 11.3 Å². The molecule has 0 saturated heterocycles. The van der Waals surface area contributed by atoms with Crippen molar-refractivity contribution in [3.63, 3.8) is 0 Å². The van der Waals surface area contributed by atoms with Crippen molar-refractivity contribution >= 4 is 11.9 Å². The van der Waals surface area contributed by atoms with E-state index in [1.807, 2.05) is 18.2 Å². The number of primary amides is 1. The lowest BCUT2D eigenvalue weighted by Gasteiger charge is -2.06. The maximum Gasteiger partial charge on any atom is 0.255 e. The van der Waals surface area contributed by atoms with Gasteiger partial charge in [-0.05, 0) is 24.1 Å². The molecule has 0 saturated carbocycles. The van der Waals surface area contributed by atoms with Gasteiger partial charge in [-0.15, -0.1) is 0 Å². The minimum absolute atomic E-state index is 0.132. The summed E-state index contributed by atoms with van der Waals surface area (Å²) in [5.74, 6) is 0.522. The average Bonchev–Trinajstić information content (AvgIpc) is 2.44. The number of carbonyl (C=O) groups is 1. The van der Waals surface area contributed by atoms with Gasteiger partial charge in [0.1, 0.15) is 5.75 Å². The minimum Gasteiger partial charge on any atom is -0.484 e. The molecule has 1 amide bonds. The Hall–Kier alpha value is -2.24. The highest BCUT2D eigenvalue weighted by molar-refractivity contribution is 5.77. The number of rotatable bonds is 8. The van der Waals surface area contributed by atoms with Crippen LogP contribution in [0.1, 0.15) is 25.3 Å². The molecule has 0 atom stereocenters. The lowest BCUT2D eigenvalue weighted by molar-refractivity contribution is -0.119. The van der Waals surface area contributed by atoms with Gasteiger partial charge in [0.15, 0.2) is 12.6 Å². The molecule has 20 heavy (non-hydrogen) atoms. The van der Waals surface area contributed by atoms with Crippen LogP contribution in [0.15, 0.2) is 29.3 Å². The standard InChI is InChI=1S/C14H22N4O2/c1-2-3-7-17-14(16)18-9-11-5-4-6-12(8-11)20-10-13(15)19/h4-6,8H,2-3,7,9-10H2,1H3,(H2,15,19)(H3,16,17,18). The normalized spacial score (nSPS) is 11.2. The molecule has 110 valence electrons. The molecule has 0 aliphatic carbocycles. The highest BCUT2D eigenvalue weighted by Gasteiger charge is 1.99. The molecule has 0 aliphatic heterocycles. The number of ether oxygens (including phenoxy) is 1. The Labute approximate surface area is 119 Å². The molecular weight excluding hydrogens is 256 g/mol. The lowest BCUT2D eigenvalue weighted by atomic mass is 10.2. The van der Waals surface area contributed by atoms with Crippen LogP contribution in [-0.4, -0.2) is 25.0 Å². The third-order valence-corrected chi connectivity index (χ3v) is 2.55. The van der Waals surface area contributed by atoms with Crippen molar-refractivity contribution in [2.45, 2.75) is 26.3 Å². The molecule has 1 aromatic carbocycles. The van der Waals surface area contributed by atoms with E-state index in [1.165, 1.54) is 0 Å². The summed E-state index contributed by atoms with van der Waals surface area (Å²) >= 11 is 0. The summed E-state index contributed by atoms with van der Waals surface area (Å²) in [6, 6.07) is 7.33. The number of aliphatic imine (C=N–C) groups is 1. The van der Waals surface area contributed by atoms with Gasteiger partial charge in [0.25, 0.3) is 5.91 Å². The van der Waals surface area contributed by atoms with Crippen molar-refractivity contribution in [3.05, 3.63) is 29.8 Å². The van der Waals surface area contributed by atoms with E-state index in [0.717, 1.165) is 24.9 Å². The van der Waals surface area contributed by atoms with Gasteiger partial charge in [-0.25, -0.2) is 4.99 Å². The molecule has 1 rings (SSSR count). The minimum atomic E-state index is -0.502. The lowest BCUT2D eigenvalue weighted by Crippen LogP contribution is -2.32. The average molecular weight is 278 g/mol. The van der Waals surface area contributed by atoms with Gasteiger partial charge in [-0.3, -0.25) is 4.79 Å². The Morgan fingerprint density at radius 3 is 2.90 bits per heavy atom.